The maximum Gasteiger partial charge on any atom is 0.266 e. The minimum Gasteiger partial charge on any atom is -0.368 e. The molecule has 7 heteroatoms. The molecule has 0 aromatic rings. The van der Waals surface area contributed by atoms with Gasteiger partial charge in [-0.15, -0.1) is 0 Å². The molecular formula is C18H28F2N2O3. The zero-order chi connectivity index (χ0) is 18.1. The fraction of sp³-hybridized carbons (Fsp3) is 0.889. The summed E-state index contributed by atoms with van der Waals surface area (Å²) in [4.78, 5) is 28.1. The normalized spacial score (nSPS) is 30.3. The lowest BCUT2D eigenvalue weighted by Crippen LogP contribution is -2.62. The molecule has 0 radical (unpaired) electrons. The van der Waals surface area contributed by atoms with Crippen molar-refractivity contribution in [2.75, 3.05) is 32.8 Å². The molecule has 2 saturated heterocycles. The predicted molar refractivity (Wildman–Crippen MR) is 88.3 cm³/mol. The van der Waals surface area contributed by atoms with E-state index < -0.39 is 30.2 Å². The second-order valence-corrected chi connectivity index (χ2v) is 7.77. The van der Waals surface area contributed by atoms with E-state index in [1.165, 1.54) is 0 Å². The molecule has 0 unspecified atom stereocenters. The van der Waals surface area contributed by atoms with Crippen molar-refractivity contribution in [3.05, 3.63) is 0 Å². The molecule has 2 amide bonds. The van der Waals surface area contributed by atoms with E-state index in [9.17, 15) is 18.4 Å². The molecule has 3 fully saturated rings. The lowest BCUT2D eigenvalue weighted by Gasteiger charge is -2.49. The lowest BCUT2D eigenvalue weighted by atomic mass is 9.71. The molecular weight excluding hydrogens is 330 g/mol. The number of halogens is 2. The van der Waals surface area contributed by atoms with Crippen molar-refractivity contribution in [1.82, 2.24) is 9.80 Å². The van der Waals surface area contributed by atoms with Gasteiger partial charge in [0.1, 0.15) is 6.61 Å². The van der Waals surface area contributed by atoms with Crippen molar-refractivity contribution in [2.24, 2.45) is 5.41 Å². The Hall–Kier alpha value is -1.24. The molecule has 1 aliphatic carbocycles. The van der Waals surface area contributed by atoms with Crippen LogP contribution < -0.4 is 0 Å². The van der Waals surface area contributed by atoms with Crippen molar-refractivity contribution in [2.45, 2.75) is 63.9 Å². The van der Waals surface area contributed by atoms with Gasteiger partial charge < -0.3 is 14.5 Å². The standard InChI is InChI=1S/C18H28F2N2O3/c1-2-21-9-5-8-17(16(21)24)11-18(19,20)13-22(12-17)15(23)10-25-14-6-3-4-7-14/h14H,2-13H2,1H3/t17-/m1/s1. The summed E-state index contributed by atoms with van der Waals surface area (Å²) in [5, 5.41) is 0. The quantitative estimate of drug-likeness (QED) is 0.776. The van der Waals surface area contributed by atoms with Gasteiger partial charge in [0.05, 0.1) is 18.1 Å². The number of amides is 2. The van der Waals surface area contributed by atoms with Gasteiger partial charge in [0, 0.05) is 26.1 Å². The maximum atomic E-state index is 14.4. The Morgan fingerprint density at radius 3 is 2.64 bits per heavy atom. The number of nitrogens with zero attached hydrogens (tertiary/aromatic N) is 2. The molecule has 0 aromatic heterocycles. The summed E-state index contributed by atoms with van der Waals surface area (Å²) >= 11 is 0. The molecule has 0 bridgehead atoms. The van der Waals surface area contributed by atoms with E-state index in [0.717, 1.165) is 30.6 Å². The number of ether oxygens (including phenoxy) is 1. The first kappa shape index (κ1) is 18.5. The van der Waals surface area contributed by atoms with Crippen LogP contribution in [0.1, 0.15) is 51.9 Å². The van der Waals surface area contributed by atoms with Gasteiger partial charge in [0.2, 0.25) is 11.8 Å². The van der Waals surface area contributed by atoms with Gasteiger partial charge in [0.25, 0.3) is 5.92 Å². The first-order chi connectivity index (χ1) is 11.9. The van der Waals surface area contributed by atoms with Crippen LogP contribution in [-0.2, 0) is 14.3 Å². The third-order valence-corrected chi connectivity index (χ3v) is 5.82. The SMILES string of the molecule is CCN1CCC[C@@]2(CN(C(=O)COC3CCCC3)CC(F)(F)C2)C1=O. The van der Waals surface area contributed by atoms with E-state index in [0.29, 0.717) is 25.9 Å². The van der Waals surface area contributed by atoms with Crippen LogP contribution >= 0.6 is 0 Å². The third-order valence-electron chi connectivity index (χ3n) is 5.82. The third kappa shape index (κ3) is 3.96. The fourth-order valence-electron chi connectivity index (χ4n) is 4.58. The van der Waals surface area contributed by atoms with Crippen LogP contribution in [0.5, 0.6) is 0 Å². The molecule has 25 heavy (non-hydrogen) atoms. The van der Waals surface area contributed by atoms with Crippen LogP contribution in [0.25, 0.3) is 0 Å². The Morgan fingerprint density at radius 1 is 1.24 bits per heavy atom. The Morgan fingerprint density at radius 2 is 1.96 bits per heavy atom. The van der Waals surface area contributed by atoms with Gasteiger partial charge in [-0.3, -0.25) is 9.59 Å². The van der Waals surface area contributed by atoms with Crippen LogP contribution in [-0.4, -0.2) is 66.4 Å². The Labute approximate surface area is 147 Å². The van der Waals surface area contributed by atoms with Gasteiger partial charge in [-0.2, -0.15) is 0 Å². The summed E-state index contributed by atoms with van der Waals surface area (Å²) in [5.41, 5.74) is -1.14. The van der Waals surface area contributed by atoms with Crippen molar-refractivity contribution < 1.29 is 23.1 Å². The van der Waals surface area contributed by atoms with Crippen molar-refractivity contribution in [3.63, 3.8) is 0 Å². The largest absolute Gasteiger partial charge is 0.368 e. The molecule has 142 valence electrons. The minimum atomic E-state index is -3.03. The Kier molecular flexibility index (Phi) is 5.32. The monoisotopic (exact) mass is 358 g/mol. The molecule has 0 N–H and O–H groups in total. The number of alkyl halides is 2. The molecule has 2 aliphatic heterocycles. The van der Waals surface area contributed by atoms with E-state index in [1.807, 2.05) is 6.92 Å². The van der Waals surface area contributed by atoms with Gasteiger partial charge in [-0.25, -0.2) is 8.78 Å². The average Bonchev–Trinajstić information content (AvgIpc) is 3.07. The molecule has 3 aliphatic rings. The smallest absolute Gasteiger partial charge is 0.266 e. The van der Waals surface area contributed by atoms with E-state index in [4.69, 9.17) is 4.74 Å². The summed E-state index contributed by atoms with van der Waals surface area (Å²) in [5.74, 6) is -3.68. The number of hydrogen-bond donors (Lipinski definition) is 0. The van der Waals surface area contributed by atoms with Crippen LogP contribution in [0.2, 0.25) is 0 Å². The minimum absolute atomic E-state index is 0.0649. The molecule has 1 spiro atoms. The number of hydrogen-bond acceptors (Lipinski definition) is 3. The highest BCUT2D eigenvalue weighted by Crippen LogP contribution is 2.45. The van der Waals surface area contributed by atoms with E-state index in [-0.39, 0.29) is 25.2 Å². The molecule has 1 atom stereocenters. The molecule has 3 rings (SSSR count). The molecule has 5 nitrogen and oxygen atoms in total. The van der Waals surface area contributed by atoms with Gasteiger partial charge >= 0.3 is 0 Å². The highest BCUT2D eigenvalue weighted by molar-refractivity contribution is 5.85. The van der Waals surface area contributed by atoms with Crippen molar-refractivity contribution in [3.8, 4) is 0 Å². The van der Waals surface area contributed by atoms with Gasteiger partial charge in [-0.1, -0.05) is 12.8 Å². The first-order valence-electron chi connectivity index (χ1n) is 9.42. The highest BCUT2D eigenvalue weighted by Gasteiger charge is 2.55. The van der Waals surface area contributed by atoms with Crippen LogP contribution in [0, 0.1) is 5.41 Å². The second kappa shape index (κ2) is 7.17. The average molecular weight is 358 g/mol. The molecule has 2 heterocycles. The number of carbonyl (C=O) groups is 2. The predicted octanol–water partition coefficient (Wildman–Crippen LogP) is 2.44. The summed E-state index contributed by atoms with van der Waals surface area (Å²) < 4.78 is 34.4. The number of carbonyl (C=O) groups excluding carboxylic acids is 2. The van der Waals surface area contributed by atoms with Crippen molar-refractivity contribution >= 4 is 11.8 Å². The van der Waals surface area contributed by atoms with Crippen LogP contribution in [0.4, 0.5) is 8.78 Å². The molecule has 1 saturated carbocycles. The van der Waals surface area contributed by atoms with E-state index >= 15 is 0 Å². The summed E-state index contributed by atoms with van der Waals surface area (Å²) in [6.45, 7) is 2.30. The second-order valence-electron chi connectivity index (χ2n) is 7.77. The van der Waals surface area contributed by atoms with Crippen molar-refractivity contribution in [1.29, 1.82) is 0 Å². The van der Waals surface area contributed by atoms with Gasteiger partial charge in [0.15, 0.2) is 0 Å². The van der Waals surface area contributed by atoms with Gasteiger partial charge in [-0.05, 0) is 32.6 Å². The highest BCUT2D eigenvalue weighted by atomic mass is 19.3. The Balaban J connectivity index is 1.69. The first-order valence-corrected chi connectivity index (χ1v) is 9.42. The number of rotatable bonds is 4. The topological polar surface area (TPSA) is 49.9 Å². The summed E-state index contributed by atoms with van der Waals surface area (Å²) in [6, 6.07) is 0. The maximum absolute atomic E-state index is 14.4. The number of piperidine rings is 2. The molecule has 0 aromatic carbocycles. The zero-order valence-corrected chi connectivity index (χ0v) is 14.9. The fourth-order valence-corrected chi connectivity index (χ4v) is 4.58. The van der Waals surface area contributed by atoms with E-state index in [2.05, 4.69) is 0 Å². The van der Waals surface area contributed by atoms with E-state index in [1.54, 1.807) is 4.90 Å². The summed E-state index contributed by atoms with van der Waals surface area (Å²) in [7, 11) is 0. The number of likely N-dealkylation sites (tertiary alicyclic amines) is 2. The Bertz CT molecular complexity index is 522. The van der Waals surface area contributed by atoms with Crippen LogP contribution in [0.15, 0.2) is 0 Å². The summed E-state index contributed by atoms with van der Waals surface area (Å²) in [6.07, 6.45) is 4.77. The zero-order valence-electron chi connectivity index (χ0n) is 14.9. The lowest BCUT2D eigenvalue weighted by molar-refractivity contribution is -0.176. The van der Waals surface area contributed by atoms with Crippen LogP contribution in [0.3, 0.4) is 0 Å².